The Morgan fingerprint density at radius 1 is 1.38 bits per heavy atom. The zero-order valence-electron chi connectivity index (χ0n) is 9.17. The Hall–Kier alpha value is -1.65. The minimum atomic E-state index is -0.461. The molecule has 4 heteroatoms. The van der Waals surface area contributed by atoms with E-state index in [1.165, 1.54) is 0 Å². The Labute approximate surface area is 94.5 Å². The third kappa shape index (κ3) is 2.29. The highest BCUT2D eigenvalue weighted by atomic mass is 16.3. The van der Waals surface area contributed by atoms with Crippen molar-refractivity contribution in [3.63, 3.8) is 0 Å². The van der Waals surface area contributed by atoms with Crippen LogP contribution < -0.4 is 5.32 Å². The molecular weight excluding hydrogens is 202 g/mol. The van der Waals surface area contributed by atoms with Crippen molar-refractivity contribution < 1.29 is 5.11 Å². The highest BCUT2D eigenvalue weighted by Crippen LogP contribution is 2.14. The van der Waals surface area contributed by atoms with Gasteiger partial charge in [0, 0.05) is 18.9 Å². The van der Waals surface area contributed by atoms with Crippen molar-refractivity contribution in [1.82, 2.24) is 15.1 Å². The first kappa shape index (κ1) is 10.9. The van der Waals surface area contributed by atoms with Crippen molar-refractivity contribution in [2.75, 3.05) is 13.6 Å². The molecule has 0 spiro atoms. The molecule has 0 bridgehead atoms. The van der Waals surface area contributed by atoms with E-state index in [4.69, 9.17) is 0 Å². The molecule has 1 aromatic heterocycles. The molecule has 2 N–H and O–H groups in total. The summed E-state index contributed by atoms with van der Waals surface area (Å²) in [5, 5.41) is 16.8. The number of nitrogens with zero attached hydrogens (tertiary/aromatic N) is 2. The van der Waals surface area contributed by atoms with Crippen LogP contribution in [0.2, 0.25) is 0 Å². The molecule has 1 heterocycles. The normalized spacial score (nSPS) is 12.6. The third-order valence-corrected chi connectivity index (χ3v) is 2.44. The van der Waals surface area contributed by atoms with Crippen LogP contribution >= 0.6 is 0 Å². The monoisotopic (exact) mass is 217 g/mol. The molecule has 1 unspecified atom stereocenters. The van der Waals surface area contributed by atoms with Gasteiger partial charge in [0.1, 0.15) is 0 Å². The Kier molecular flexibility index (Phi) is 3.34. The zero-order valence-corrected chi connectivity index (χ0v) is 9.17. The summed E-state index contributed by atoms with van der Waals surface area (Å²) in [6.45, 7) is 0.557. The number of benzene rings is 1. The molecule has 0 saturated heterocycles. The largest absolute Gasteiger partial charge is 0.387 e. The number of aliphatic hydroxyl groups excluding tert-OH is 1. The number of likely N-dealkylation sites (N-methyl/N-ethyl adjacent to an activating group) is 1. The van der Waals surface area contributed by atoms with Gasteiger partial charge in [0.2, 0.25) is 0 Å². The second-order valence-electron chi connectivity index (χ2n) is 3.62. The standard InChI is InChI=1S/C12H15N3O/c1-13-9-12(16)10-3-5-11(6-4-10)15-8-2-7-14-15/h2-8,12-13,16H,9H2,1H3. The van der Waals surface area contributed by atoms with E-state index in [2.05, 4.69) is 10.4 Å². The first-order valence-corrected chi connectivity index (χ1v) is 5.24. The van der Waals surface area contributed by atoms with Gasteiger partial charge in [0.15, 0.2) is 0 Å². The van der Waals surface area contributed by atoms with Crippen molar-refractivity contribution in [2.24, 2.45) is 0 Å². The summed E-state index contributed by atoms with van der Waals surface area (Å²) in [6.07, 6.45) is 3.17. The average molecular weight is 217 g/mol. The maximum Gasteiger partial charge on any atom is 0.0914 e. The van der Waals surface area contributed by atoms with E-state index in [0.29, 0.717) is 6.54 Å². The Morgan fingerprint density at radius 2 is 2.12 bits per heavy atom. The van der Waals surface area contributed by atoms with Crippen molar-refractivity contribution >= 4 is 0 Å². The van der Waals surface area contributed by atoms with E-state index in [9.17, 15) is 5.11 Å². The van der Waals surface area contributed by atoms with Crippen LogP contribution in [0.3, 0.4) is 0 Å². The summed E-state index contributed by atoms with van der Waals surface area (Å²) in [4.78, 5) is 0. The van der Waals surface area contributed by atoms with Crippen LogP contribution in [-0.2, 0) is 0 Å². The number of hydrogen-bond donors (Lipinski definition) is 2. The third-order valence-electron chi connectivity index (χ3n) is 2.44. The van der Waals surface area contributed by atoms with Gasteiger partial charge in [0.05, 0.1) is 11.8 Å². The molecule has 0 saturated carbocycles. The molecular formula is C12H15N3O. The lowest BCUT2D eigenvalue weighted by molar-refractivity contribution is 0.178. The minimum absolute atomic E-state index is 0.461. The van der Waals surface area contributed by atoms with Gasteiger partial charge in [-0.2, -0.15) is 5.10 Å². The smallest absolute Gasteiger partial charge is 0.0914 e. The van der Waals surface area contributed by atoms with Crippen LogP contribution in [0.4, 0.5) is 0 Å². The first-order chi connectivity index (χ1) is 7.81. The molecule has 0 radical (unpaired) electrons. The number of hydrogen-bond acceptors (Lipinski definition) is 3. The molecule has 4 nitrogen and oxygen atoms in total. The highest BCUT2D eigenvalue weighted by molar-refractivity contribution is 5.34. The Bertz CT molecular complexity index is 422. The fraction of sp³-hybridized carbons (Fsp3) is 0.250. The number of nitrogens with one attached hydrogen (secondary N) is 1. The van der Waals surface area contributed by atoms with E-state index in [0.717, 1.165) is 11.3 Å². The first-order valence-electron chi connectivity index (χ1n) is 5.24. The van der Waals surface area contributed by atoms with Crippen molar-refractivity contribution in [1.29, 1.82) is 0 Å². The zero-order chi connectivity index (χ0) is 11.4. The summed E-state index contributed by atoms with van der Waals surface area (Å²) in [5.74, 6) is 0. The number of aliphatic hydroxyl groups is 1. The lowest BCUT2D eigenvalue weighted by Crippen LogP contribution is -2.16. The van der Waals surface area contributed by atoms with E-state index >= 15 is 0 Å². The lowest BCUT2D eigenvalue weighted by Gasteiger charge is -2.10. The molecule has 0 aliphatic rings. The molecule has 1 atom stereocenters. The number of rotatable bonds is 4. The second-order valence-corrected chi connectivity index (χ2v) is 3.62. The van der Waals surface area contributed by atoms with Crippen LogP contribution in [0.15, 0.2) is 42.7 Å². The molecule has 0 aliphatic heterocycles. The summed E-state index contributed by atoms with van der Waals surface area (Å²) in [5.41, 5.74) is 1.90. The van der Waals surface area contributed by atoms with Crippen LogP contribution in [0, 0.1) is 0 Å². The number of aromatic nitrogens is 2. The predicted molar refractivity (Wildman–Crippen MR) is 62.5 cm³/mol. The van der Waals surface area contributed by atoms with Gasteiger partial charge in [-0.1, -0.05) is 12.1 Å². The molecule has 0 fully saturated rings. The van der Waals surface area contributed by atoms with Crippen molar-refractivity contribution in [3.05, 3.63) is 48.3 Å². The summed E-state index contributed by atoms with van der Waals surface area (Å²) in [7, 11) is 1.82. The topological polar surface area (TPSA) is 50.1 Å². The fourth-order valence-electron chi connectivity index (χ4n) is 1.58. The molecule has 2 rings (SSSR count). The van der Waals surface area contributed by atoms with Crippen LogP contribution in [0.25, 0.3) is 5.69 Å². The van der Waals surface area contributed by atoms with Gasteiger partial charge in [-0.25, -0.2) is 4.68 Å². The molecule has 2 aromatic rings. The quantitative estimate of drug-likeness (QED) is 0.807. The molecule has 1 aromatic carbocycles. The molecule has 0 aliphatic carbocycles. The Balaban J connectivity index is 2.16. The second kappa shape index (κ2) is 4.92. The van der Waals surface area contributed by atoms with Gasteiger partial charge in [-0.3, -0.25) is 0 Å². The van der Waals surface area contributed by atoms with Gasteiger partial charge < -0.3 is 10.4 Å². The van der Waals surface area contributed by atoms with E-state index in [1.807, 2.05) is 43.6 Å². The van der Waals surface area contributed by atoms with Crippen LogP contribution in [-0.4, -0.2) is 28.5 Å². The summed E-state index contributed by atoms with van der Waals surface area (Å²) >= 11 is 0. The molecule has 84 valence electrons. The van der Waals surface area contributed by atoms with Crippen LogP contribution in [0.1, 0.15) is 11.7 Å². The van der Waals surface area contributed by atoms with Crippen molar-refractivity contribution in [2.45, 2.75) is 6.10 Å². The van der Waals surface area contributed by atoms with E-state index < -0.39 is 6.10 Å². The maximum atomic E-state index is 9.76. The average Bonchev–Trinajstić information content (AvgIpc) is 2.83. The Morgan fingerprint density at radius 3 is 2.69 bits per heavy atom. The summed E-state index contributed by atoms with van der Waals surface area (Å²) < 4.78 is 1.79. The maximum absolute atomic E-state index is 9.76. The predicted octanol–water partition coefficient (Wildman–Crippen LogP) is 1.13. The van der Waals surface area contributed by atoms with Gasteiger partial charge in [-0.05, 0) is 30.8 Å². The van der Waals surface area contributed by atoms with E-state index in [1.54, 1.807) is 10.9 Å². The van der Waals surface area contributed by atoms with Crippen LogP contribution in [0.5, 0.6) is 0 Å². The fourth-order valence-corrected chi connectivity index (χ4v) is 1.58. The van der Waals surface area contributed by atoms with E-state index in [-0.39, 0.29) is 0 Å². The lowest BCUT2D eigenvalue weighted by atomic mass is 10.1. The molecule has 16 heavy (non-hydrogen) atoms. The highest BCUT2D eigenvalue weighted by Gasteiger charge is 2.05. The van der Waals surface area contributed by atoms with Gasteiger partial charge in [-0.15, -0.1) is 0 Å². The van der Waals surface area contributed by atoms with Gasteiger partial charge in [0.25, 0.3) is 0 Å². The minimum Gasteiger partial charge on any atom is -0.387 e. The summed E-state index contributed by atoms with van der Waals surface area (Å²) in [6, 6.07) is 9.60. The van der Waals surface area contributed by atoms with Crippen molar-refractivity contribution in [3.8, 4) is 5.69 Å². The SMILES string of the molecule is CNCC(O)c1ccc(-n2cccn2)cc1. The van der Waals surface area contributed by atoms with Gasteiger partial charge >= 0.3 is 0 Å². The molecule has 0 amide bonds.